The molecule has 0 radical (unpaired) electrons. The van der Waals surface area contributed by atoms with Gasteiger partial charge in [0.1, 0.15) is 5.78 Å². The first-order valence-electron chi connectivity index (χ1n) is 19.2. The molecule has 0 heterocycles. The van der Waals surface area contributed by atoms with E-state index in [2.05, 4.69) is 26.0 Å². The topological polar surface area (TPSA) is 52.3 Å². The van der Waals surface area contributed by atoms with Crippen molar-refractivity contribution in [3.8, 4) is 0 Å². The summed E-state index contributed by atoms with van der Waals surface area (Å²) in [4.78, 5) is 12.6. The van der Waals surface area contributed by atoms with E-state index in [1.54, 1.807) is 0 Å². The molecule has 250 valence electrons. The van der Waals surface area contributed by atoms with Crippen LogP contribution in [0.25, 0.3) is 0 Å². The van der Waals surface area contributed by atoms with Crippen molar-refractivity contribution in [2.75, 3.05) is 19.8 Å². The summed E-state index contributed by atoms with van der Waals surface area (Å²) < 4.78 is 5.85. The second-order valence-corrected chi connectivity index (χ2v) is 13.1. The molecule has 1 atom stereocenters. The van der Waals surface area contributed by atoms with Gasteiger partial charge in [-0.05, 0) is 38.5 Å². The van der Waals surface area contributed by atoms with Crippen LogP contribution in [0.4, 0.5) is 0 Å². The number of Topliss-reactive ketones (excluding diaryl/α,β-unsaturated/α-hetero) is 1. The molecule has 0 aliphatic rings. The molecule has 3 nitrogen and oxygen atoms in total. The van der Waals surface area contributed by atoms with Gasteiger partial charge in [-0.25, -0.2) is 0 Å². The minimum absolute atomic E-state index is 0.108. The third kappa shape index (κ3) is 32.2. The van der Waals surface area contributed by atoms with E-state index in [4.69, 9.17) is 10.5 Å². The third-order valence-electron chi connectivity index (χ3n) is 8.89. The van der Waals surface area contributed by atoms with Crippen LogP contribution < -0.4 is 5.73 Å². The van der Waals surface area contributed by atoms with Crippen LogP contribution in [0.2, 0.25) is 0 Å². The van der Waals surface area contributed by atoms with E-state index in [0.717, 1.165) is 25.9 Å². The Hall–Kier alpha value is -0.670. The Balaban J connectivity index is 3.42. The number of unbranched alkanes of at least 4 members (excludes halogenated alkanes) is 26. The number of ether oxygens (including phenoxy) is 1. The van der Waals surface area contributed by atoms with Crippen LogP contribution in [0, 0.1) is 5.92 Å². The smallest absolute Gasteiger partial charge is 0.139 e. The lowest BCUT2D eigenvalue weighted by molar-refractivity contribution is -0.124. The van der Waals surface area contributed by atoms with Gasteiger partial charge in [-0.15, -0.1) is 0 Å². The van der Waals surface area contributed by atoms with Crippen molar-refractivity contribution in [1.29, 1.82) is 0 Å². The van der Waals surface area contributed by atoms with Crippen LogP contribution in [-0.4, -0.2) is 25.5 Å². The van der Waals surface area contributed by atoms with E-state index < -0.39 is 0 Å². The molecule has 0 amide bonds. The molecule has 3 heteroatoms. The van der Waals surface area contributed by atoms with E-state index in [1.165, 1.54) is 167 Å². The third-order valence-corrected chi connectivity index (χ3v) is 8.89. The number of carbonyl (C=O) groups is 1. The van der Waals surface area contributed by atoms with Gasteiger partial charge in [0.25, 0.3) is 0 Å². The second kappa shape index (κ2) is 36.5. The average Bonchev–Trinajstić information content (AvgIpc) is 3.00. The maximum absolute atomic E-state index is 12.6. The van der Waals surface area contributed by atoms with Crippen LogP contribution in [0.1, 0.15) is 206 Å². The minimum atomic E-state index is -0.108. The molecule has 0 rings (SSSR count). The molecule has 0 aromatic carbocycles. The summed E-state index contributed by atoms with van der Waals surface area (Å²) in [7, 11) is 0. The number of rotatable bonds is 36. The van der Waals surface area contributed by atoms with Crippen molar-refractivity contribution >= 4 is 5.78 Å². The van der Waals surface area contributed by atoms with Crippen LogP contribution in [-0.2, 0) is 9.53 Å². The molecular weight excluding hydrogens is 514 g/mol. The Morgan fingerprint density at radius 2 is 0.881 bits per heavy atom. The molecule has 2 N–H and O–H groups in total. The van der Waals surface area contributed by atoms with E-state index in [0.29, 0.717) is 25.4 Å². The van der Waals surface area contributed by atoms with Gasteiger partial charge < -0.3 is 10.5 Å². The van der Waals surface area contributed by atoms with Gasteiger partial charge >= 0.3 is 0 Å². The predicted molar refractivity (Wildman–Crippen MR) is 187 cm³/mol. The van der Waals surface area contributed by atoms with E-state index in [-0.39, 0.29) is 5.92 Å². The molecule has 0 saturated heterocycles. The molecule has 1 unspecified atom stereocenters. The first-order valence-corrected chi connectivity index (χ1v) is 19.2. The summed E-state index contributed by atoms with van der Waals surface area (Å²) in [5, 5.41) is 0. The molecule has 0 aromatic rings. The Labute approximate surface area is 265 Å². The Kier molecular flexibility index (Phi) is 35.9. The standard InChI is InChI=1S/C39H77NO2/c1-3-5-7-9-11-13-15-17-19-21-23-25-27-29-31-33-35-42-37-38(36-40)39(41)34-32-30-28-26-24-22-20-18-16-14-12-10-8-6-4-2/h18,20,38H,3-17,19,21-37,40H2,1-2H3. The van der Waals surface area contributed by atoms with Gasteiger partial charge in [0.05, 0.1) is 12.5 Å². The molecule has 0 aliphatic heterocycles. The molecule has 0 saturated carbocycles. The fraction of sp³-hybridized carbons (Fsp3) is 0.923. The minimum Gasteiger partial charge on any atom is -0.381 e. The highest BCUT2D eigenvalue weighted by Gasteiger charge is 2.16. The van der Waals surface area contributed by atoms with Gasteiger partial charge in [0.2, 0.25) is 0 Å². The van der Waals surface area contributed by atoms with Crippen LogP contribution >= 0.6 is 0 Å². The van der Waals surface area contributed by atoms with Gasteiger partial charge in [-0.2, -0.15) is 0 Å². The quantitative estimate of drug-likeness (QED) is 0.0582. The number of nitrogens with two attached hydrogens (primary N) is 1. The molecular formula is C39H77NO2. The summed E-state index contributed by atoms with van der Waals surface area (Å²) in [6.07, 6.45) is 44.2. The lowest BCUT2D eigenvalue weighted by atomic mass is 9.99. The van der Waals surface area contributed by atoms with Crippen molar-refractivity contribution in [1.82, 2.24) is 0 Å². The van der Waals surface area contributed by atoms with Gasteiger partial charge in [-0.3, -0.25) is 4.79 Å². The maximum Gasteiger partial charge on any atom is 0.139 e. The second-order valence-electron chi connectivity index (χ2n) is 13.1. The lowest BCUT2D eigenvalue weighted by Crippen LogP contribution is -2.28. The molecule has 0 fully saturated rings. The maximum atomic E-state index is 12.6. The van der Waals surface area contributed by atoms with Crippen molar-refractivity contribution in [3.05, 3.63) is 12.2 Å². The first-order chi connectivity index (χ1) is 20.8. The molecule has 0 aliphatic carbocycles. The fourth-order valence-corrected chi connectivity index (χ4v) is 5.84. The molecule has 0 aromatic heterocycles. The largest absolute Gasteiger partial charge is 0.381 e. The fourth-order valence-electron chi connectivity index (χ4n) is 5.84. The molecule has 0 bridgehead atoms. The van der Waals surface area contributed by atoms with E-state index in [9.17, 15) is 4.79 Å². The van der Waals surface area contributed by atoms with Crippen molar-refractivity contribution < 1.29 is 9.53 Å². The van der Waals surface area contributed by atoms with Gasteiger partial charge in [0, 0.05) is 19.6 Å². The van der Waals surface area contributed by atoms with Crippen LogP contribution in [0.15, 0.2) is 12.2 Å². The highest BCUT2D eigenvalue weighted by atomic mass is 16.5. The number of carbonyl (C=O) groups excluding carboxylic acids is 1. The zero-order valence-corrected chi connectivity index (χ0v) is 29.0. The van der Waals surface area contributed by atoms with E-state index >= 15 is 0 Å². The van der Waals surface area contributed by atoms with Gasteiger partial charge in [0.15, 0.2) is 0 Å². The zero-order valence-electron chi connectivity index (χ0n) is 29.0. The summed E-state index contributed by atoms with van der Waals surface area (Å²) in [5.74, 6) is 0.199. The summed E-state index contributed by atoms with van der Waals surface area (Å²) >= 11 is 0. The lowest BCUT2D eigenvalue weighted by Gasteiger charge is -2.14. The summed E-state index contributed by atoms with van der Waals surface area (Å²) in [6, 6.07) is 0. The normalized spacial score (nSPS) is 12.5. The highest BCUT2D eigenvalue weighted by Crippen LogP contribution is 2.15. The highest BCUT2D eigenvalue weighted by molar-refractivity contribution is 5.81. The van der Waals surface area contributed by atoms with E-state index in [1.807, 2.05) is 0 Å². The van der Waals surface area contributed by atoms with Crippen molar-refractivity contribution in [3.63, 3.8) is 0 Å². The monoisotopic (exact) mass is 592 g/mol. The SMILES string of the molecule is CCCCCCCCC=CCCCCCCCC(=O)C(CN)COCCCCCCCCCCCCCCCCCC. The Bertz CT molecular complexity index is 547. The predicted octanol–water partition coefficient (Wildman–Crippen LogP) is 12.4. The molecule has 0 spiro atoms. The first kappa shape index (κ1) is 41.3. The van der Waals surface area contributed by atoms with Gasteiger partial charge in [-0.1, -0.05) is 174 Å². The van der Waals surface area contributed by atoms with Crippen molar-refractivity contribution in [2.24, 2.45) is 11.7 Å². The number of ketones is 1. The summed E-state index contributed by atoms with van der Waals surface area (Å²) in [5.41, 5.74) is 5.90. The van der Waals surface area contributed by atoms with Crippen molar-refractivity contribution in [2.45, 2.75) is 206 Å². The Morgan fingerprint density at radius 1 is 0.524 bits per heavy atom. The number of allylic oxidation sites excluding steroid dienone is 2. The zero-order chi connectivity index (χ0) is 30.6. The molecule has 42 heavy (non-hydrogen) atoms. The number of hydrogen-bond acceptors (Lipinski definition) is 3. The average molecular weight is 592 g/mol. The van der Waals surface area contributed by atoms with Crippen LogP contribution in [0.5, 0.6) is 0 Å². The van der Waals surface area contributed by atoms with Crippen LogP contribution in [0.3, 0.4) is 0 Å². The Morgan fingerprint density at radius 3 is 1.29 bits per heavy atom. The number of hydrogen-bond donors (Lipinski definition) is 1. The summed E-state index contributed by atoms with van der Waals surface area (Å²) in [6.45, 7) is 6.27.